The summed E-state index contributed by atoms with van der Waals surface area (Å²) in [6, 6.07) is 14.9. The van der Waals surface area contributed by atoms with E-state index >= 15 is 0 Å². The highest BCUT2D eigenvalue weighted by Crippen LogP contribution is 2.25. The molecule has 0 atom stereocenters. The molecule has 0 saturated heterocycles. The van der Waals surface area contributed by atoms with Crippen molar-refractivity contribution in [1.29, 1.82) is 0 Å². The van der Waals surface area contributed by atoms with Crippen molar-refractivity contribution in [3.63, 3.8) is 0 Å². The van der Waals surface area contributed by atoms with Gasteiger partial charge in [-0.25, -0.2) is 0 Å². The van der Waals surface area contributed by atoms with Gasteiger partial charge in [-0.15, -0.1) is 0 Å². The van der Waals surface area contributed by atoms with Gasteiger partial charge in [-0.05, 0) is 54.3 Å². The standard InChI is InChI=1S/C15H16BrN/c1-11-5-6-14(9-12(11)7-8-17)13-3-2-4-15(16)10-13/h2-6,9-10H,7-8,17H2,1H3. The third-order valence-electron chi connectivity index (χ3n) is 2.92. The molecule has 0 aliphatic carbocycles. The molecule has 88 valence electrons. The first-order valence-electron chi connectivity index (χ1n) is 5.76. The number of aryl methyl sites for hydroxylation is 1. The number of halogens is 1. The lowest BCUT2D eigenvalue weighted by Crippen LogP contribution is -2.04. The first kappa shape index (κ1) is 12.3. The Morgan fingerprint density at radius 1 is 1.06 bits per heavy atom. The summed E-state index contributed by atoms with van der Waals surface area (Å²) in [5, 5.41) is 0. The van der Waals surface area contributed by atoms with Crippen LogP contribution in [0, 0.1) is 6.92 Å². The Balaban J connectivity index is 2.42. The van der Waals surface area contributed by atoms with E-state index in [0.29, 0.717) is 6.54 Å². The molecule has 2 rings (SSSR count). The number of rotatable bonds is 3. The molecule has 0 aliphatic heterocycles. The Bertz CT molecular complexity index is 520. The Kier molecular flexibility index (Phi) is 3.97. The maximum atomic E-state index is 5.63. The summed E-state index contributed by atoms with van der Waals surface area (Å²) in [7, 11) is 0. The summed E-state index contributed by atoms with van der Waals surface area (Å²) in [5.41, 5.74) is 10.8. The van der Waals surface area contributed by atoms with E-state index in [9.17, 15) is 0 Å². The van der Waals surface area contributed by atoms with Gasteiger partial charge in [0.1, 0.15) is 0 Å². The van der Waals surface area contributed by atoms with Crippen LogP contribution in [0.2, 0.25) is 0 Å². The minimum absolute atomic E-state index is 0.697. The number of nitrogens with two attached hydrogens (primary N) is 1. The SMILES string of the molecule is Cc1ccc(-c2cccc(Br)c2)cc1CCN. The van der Waals surface area contributed by atoms with Crippen LogP contribution in [0.1, 0.15) is 11.1 Å². The van der Waals surface area contributed by atoms with E-state index in [1.807, 2.05) is 6.07 Å². The number of hydrogen-bond acceptors (Lipinski definition) is 1. The van der Waals surface area contributed by atoms with Crippen LogP contribution in [-0.2, 0) is 6.42 Å². The van der Waals surface area contributed by atoms with Gasteiger partial charge in [-0.1, -0.05) is 46.3 Å². The van der Waals surface area contributed by atoms with E-state index in [0.717, 1.165) is 10.9 Å². The molecule has 0 heterocycles. The highest BCUT2D eigenvalue weighted by Gasteiger charge is 2.02. The second-order valence-corrected chi connectivity index (χ2v) is 5.11. The van der Waals surface area contributed by atoms with E-state index in [-0.39, 0.29) is 0 Å². The minimum atomic E-state index is 0.697. The van der Waals surface area contributed by atoms with Gasteiger partial charge < -0.3 is 5.73 Å². The second-order valence-electron chi connectivity index (χ2n) is 4.19. The molecule has 0 aliphatic rings. The molecule has 17 heavy (non-hydrogen) atoms. The fraction of sp³-hybridized carbons (Fsp3) is 0.200. The van der Waals surface area contributed by atoms with Gasteiger partial charge in [-0.3, -0.25) is 0 Å². The van der Waals surface area contributed by atoms with Crippen LogP contribution in [0.4, 0.5) is 0 Å². The molecule has 1 nitrogen and oxygen atoms in total. The van der Waals surface area contributed by atoms with Crippen LogP contribution in [0.5, 0.6) is 0 Å². The normalized spacial score (nSPS) is 10.5. The van der Waals surface area contributed by atoms with Gasteiger partial charge in [0, 0.05) is 4.47 Å². The predicted octanol–water partition coefficient (Wildman–Crippen LogP) is 3.93. The largest absolute Gasteiger partial charge is 0.330 e. The molecule has 0 bridgehead atoms. The van der Waals surface area contributed by atoms with Crippen molar-refractivity contribution < 1.29 is 0 Å². The third-order valence-corrected chi connectivity index (χ3v) is 3.41. The van der Waals surface area contributed by atoms with Crippen molar-refractivity contribution in [2.75, 3.05) is 6.54 Å². The average Bonchev–Trinajstić information content (AvgIpc) is 2.32. The van der Waals surface area contributed by atoms with Crippen LogP contribution in [0.15, 0.2) is 46.9 Å². The van der Waals surface area contributed by atoms with Gasteiger partial charge in [0.15, 0.2) is 0 Å². The Morgan fingerprint density at radius 2 is 1.82 bits per heavy atom. The second kappa shape index (κ2) is 5.48. The third kappa shape index (κ3) is 2.96. The lowest BCUT2D eigenvalue weighted by molar-refractivity contribution is 0.958. The molecule has 0 unspecified atom stereocenters. The molecule has 0 aromatic heterocycles. The van der Waals surface area contributed by atoms with E-state index < -0.39 is 0 Å². The van der Waals surface area contributed by atoms with E-state index in [1.165, 1.54) is 22.3 Å². The highest BCUT2D eigenvalue weighted by atomic mass is 79.9. The van der Waals surface area contributed by atoms with Crippen molar-refractivity contribution in [2.24, 2.45) is 5.73 Å². The first-order valence-corrected chi connectivity index (χ1v) is 6.55. The quantitative estimate of drug-likeness (QED) is 0.910. The fourth-order valence-electron chi connectivity index (χ4n) is 1.94. The van der Waals surface area contributed by atoms with Crippen LogP contribution in [0.3, 0.4) is 0 Å². The van der Waals surface area contributed by atoms with Crippen LogP contribution < -0.4 is 5.73 Å². The first-order chi connectivity index (χ1) is 8.20. The molecule has 0 radical (unpaired) electrons. The molecule has 2 aromatic carbocycles. The van der Waals surface area contributed by atoms with Crippen molar-refractivity contribution >= 4 is 15.9 Å². The van der Waals surface area contributed by atoms with Crippen molar-refractivity contribution in [2.45, 2.75) is 13.3 Å². The molecule has 0 saturated carbocycles. The molecular weight excluding hydrogens is 274 g/mol. The smallest absolute Gasteiger partial charge is 0.0181 e. The molecule has 2 heteroatoms. The molecule has 2 N–H and O–H groups in total. The van der Waals surface area contributed by atoms with Crippen molar-refractivity contribution in [3.05, 3.63) is 58.1 Å². The summed E-state index contributed by atoms with van der Waals surface area (Å²) in [4.78, 5) is 0. The van der Waals surface area contributed by atoms with E-state index in [1.54, 1.807) is 0 Å². The van der Waals surface area contributed by atoms with Gasteiger partial charge in [-0.2, -0.15) is 0 Å². The van der Waals surface area contributed by atoms with E-state index in [2.05, 4.69) is 59.3 Å². The van der Waals surface area contributed by atoms with Crippen LogP contribution in [0.25, 0.3) is 11.1 Å². The summed E-state index contributed by atoms with van der Waals surface area (Å²) < 4.78 is 1.11. The minimum Gasteiger partial charge on any atom is -0.330 e. The summed E-state index contributed by atoms with van der Waals surface area (Å²) in [6.07, 6.45) is 0.938. The highest BCUT2D eigenvalue weighted by molar-refractivity contribution is 9.10. The lowest BCUT2D eigenvalue weighted by atomic mass is 9.98. The van der Waals surface area contributed by atoms with E-state index in [4.69, 9.17) is 5.73 Å². The molecule has 2 aromatic rings. The fourth-order valence-corrected chi connectivity index (χ4v) is 2.34. The lowest BCUT2D eigenvalue weighted by Gasteiger charge is -2.08. The summed E-state index contributed by atoms with van der Waals surface area (Å²) >= 11 is 3.50. The van der Waals surface area contributed by atoms with Gasteiger partial charge in [0.25, 0.3) is 0 Å². The maximum Gasteiger partial charge on any atom is 0.0181 e. The van der Waals surface area contributed by atoms with Crippen LogP contribution >= 0.6 is 15.9 Å². The monoisotopic (exact) mass is 289 g/mol. The summed E-state index contributed by atoms with van der Waals surface area (Å²) in [5.74, 6) is 0. The zero-order valence-electron chi connectivity index (χ0n) is 9.91. The average molecular weight is 290 g/mol. The van der Waals surface area contributed by atoms with Crippen LogP contribution in [-0.4, -0.2) is 6.54 Å². The number of hydrogen-bond donors (Lipinski definition) is 1. The number of benzene rings is 2. The van der Waals surface area contributed by atoms with Crippen molar-refractivity contribution in [1.82, 2.24) is 0 Å². The van der Waals surface area contributed by atoms with Crippen molar-refractivity contribution in [3.8, 4) is 11.1 Å². The zero-order valence-corrected chi connectivity index (χ0v) is 11.5. The van der Waals surface area contributed by atoms with Gasteiger partial charge in [0.05, 0.1) is 0 Å². The van der Waals surface area contributed by atoms with Gasteiger partial charge >= 0.3 is 0 Å². The molecular formula is C15H16BrN. The predicted molar refractivity (Wildman–Crippen MR) is 77.1 cm³/mol. The zero-order chi connectivity index (χ0) is 12.3. The Hall–Kier alpha value is -1.12. The summed E-state index contributed by atoms with van der Waals surface area (Å²) in [6.45, 7) is 2.83. The van der Waals surface area contributed by atoms with Gasteiger partial charge in [0.2, 0.25) is 0 Å². The maximum absolute atomic E-state index is 5.63. The Labute approximate surface area is 111 Å². The Morgan fingerprint density at radius 3 is 2.53 bits per heavy atom. The molecule has 0 spiro atoms. The molecule has 0 fully saturated rings. The topological polar surface area (TPSA) is 26.0 Å². The molecule has 0 amide bonds.